The van der Waals surface area contributed by atoms with Crippen LogP contribution in [0.1, 0.15) is 66.4 Å². The predicted molar refractivity (Wildman–Crippen MR) is 142 cm³/mol. The van der Waals surface area contributed by atoms with Crippen molar-refractivity contribution in [3.8, 4) is 5.75 Å². The highest BCUT2D eigenvalue weighted by molar-refractivity contribution is 6.30. The lowest BCUT2D eigenvalue weighted by atomic mass is 10.0. The molecule has 3 aliphatic heterocycles. The molecule has 2 amide bonds. The molecule has 2 aromatic rings. The molecule has 3 aliphatic rings. The average molecular weight is 560 g/mol. The zero-order chi connectivity index (χ0) is 28.0. The number of piperazine rings is 1. The van der Waals surface area contributed by atoms with Crippen molar-refractivity contribution in [1.29, 1.82) is 0 Å². The minimum absolute atomic E-state index is 0.0559. The molecular formula is C27H31ClFN5O5. The Labute approximate surface area is 230 Å². The third-order valence-corrected chi connectivity index (χ3v) is 7.96. The molecule has 0 radical (unpaired) electrons. The van der Waals surface area contributed by atoms with E-state index in [1.54, 1.807) is 14.7 Å². The monoisotopic (exact) mass is 559 g/mol. The molecule has 2 bridgehead atoms. The standard InChI is InChI=1S/C27H31ClFN5O5/c1-4-31-9-7-6-8-10-39-19-12-18(29)17(28)11-16(19)14-33-25(36)20-22(21(30-33)26(31)37)34-15(3)13-32(5-2)27(38)23(34)24(20)35/h11-12,15,23H,4-10,13-14H2,1-3H3/t15-,23?/m0/s1. The van der Waals surface area contributed by atoms with Gasteiger partial charge >= 0.3 is 0 Å². The van der Waals surface area contributed by atoms with Crippen LogP contribution in [0.2, 0.25) is 5.02 Å². The second-order valence-electron chi connectivity index (χ2n) is 10.1. The Morgan fingerprint density at radius 1 is 1.08 bits per heavy atom. The van der Waals surface area contributed by atoms with Gasteiger partial charge in [-0.05, 0) is 46.1 Å². The molecule has 1 unspecified atom stereocenters. The summed E-state index contributed by atoms with van der Waals surface area (Å²) in [4.78, 5) is 59.6. The van der Waals surface area contributed by atoms with Gasteiger partial charge in [-0.1, -0.05) is 11.6 Å². The van der Waals surface area contributed by atoms with Crippen LogP contribution in [-0.2, 0) is 11.3 Å². The van der Waals surface area contributed by atoms with Crippen LogP contribution in [0.4, 0.5) is 10.1 Å². The number of halogens is 2. The van der Waals surface area contributed by atoms with Crippen LogP contribution in [-0.4, -0.2) is 82.0 Å². The molecule has 39 heavy (non-hydrogen) atoms. The highest BCUT2D eigenvalue weighted by atomic mass is 35.5. The quantitative estimate of drug-likeness (QED) is 0.521. The fraction of sp³-hybridized carbons (Fsp3) is 0.519. The lowest BCUT2D eigenvalue weighted by molar-refractivity contribution is -0.133. The third-order valence-electron chi connectivity index (χ3n) is 7.67. The van der Waals surface area contributed by atoms with Gasteiger partial charge < -0.3 is 19.4 Å². The number of anilines is 1. The molecule has 2 atom stereocenters. The Morgan fingerprint density at radius 2 is 1.82 bits per heavy atom. The van der Waals surface area contributed by atoms with E-state index >= 15 is 0 Å². The number of nitrogens with zero attached hydrogens (tertiary/aromatic N) is 5. The molecule has 0 spiro atoms. The zero-order valence-corrected chi connectivity index (χ0v) is 23.0. The van der Waals surface area contributed by atoms with Crippen LogP contribution < -0.4 is 15.2 Å². The zero-order valence-electron chi connectivity index (χ0n) is 22.2. The average Bonchev–Trinajstić information content (AvgIpc) is 3.23. The topological polar surface area (TPSA) is 105 Å². The second kappa shape index (κ2) is 10.6. The molecule has 12 heteroatoms. The number of ketones is 1. The van der Waals surface area contributed by atoms with Gasteiger partial charge in [0.1, 0.15) is 17.1 Å². The first-order chi connectivity index (χ1) is 18.7. The summed E-state index contributed by atoms with van der Waals surface area (Å²) in [6.45, 7) is 7.26. The summed E-state index contributed by atoms with van der Waals surface area (Å²) in [6.07, 6.45) is 2.15. The van der Waals surface area contributed by atoms with Crippen molar-refractivity contribution in [2.24, 2.45) is 0 Å². The largest absolute Gasteiger partial charge is 0.493 e. The number of hydrogen-bond donors (Lipinski definition) is 0. The van der Waals surface area contributed by atoms with Crippen molar-refractivity contribution >= 4 is 34.9 Å². The molecule has 5 rings (SSSR count). The van der Waals surface area contributed by atoms with Gasteiger partial charge in [-0.15, -0.1) is 0 Å². The number of likely N-dealkylation sites (N-methyl/N-ethyl adjacent to an activating group) is 1. The fourth-order valence-electron chi connectivity index (χ4n) is 5.65. The number of hydrogen-bond acceptors (Lipinski definition) is 7. The second-order valence-corrected chi connectivity index (χ2v) is 10.5. The van der Waals surface area contributed by atoms with Gasteiger partial charge in [-0.2, -0.15) is 5.10 Å². The number of amides is 2. The van der Waals surface area contributed by atoms with E-state index in [1.165, 1.54) is 6.07 Å². The highest BCUT2D eigenvalue weighted by Gasteiger charge is 2.52. The van der Waals surface area contributed by atoms with Gasteiger partial charge in [-0.3, -0.25) is 19.2 Å². The number of ether oxygens (including phenoxy) is 1. The van der Waals surface area contributed by atoms with E-state index < -0.39 is 35.0 Å². The van der Waals surface area contributed by atoms with Crippen molar-refractivity contribution in [1.82, 2.24) is 19.6 Å². The maximum Gasteiger partial charge on any atom is 0.280 e. The third kappa shape index (κ3) is 4.56. The van der Waals surface area contributed by atoms with E-state index in [0.29, 0.717) is 51.2 Å². The summed E-state index contributed by atoms with van der Waals surface area (Å²) in [5, 5.41) is 4.33. The van der Waals surface area contributed by atoms with Crippen LogP contribution in [0.5, 0.6) is 5.75 Å². The molecule has 10 nitrogen and oxygen atoms in total. The van der Waals surface area contributed by atoms with Crippen LogP contribution in [0.25, 0.3) is 0 Å². The number of rotatable bonds is 2. The normalized spacial score (nSPS) is 21.8. The van der Waals surface area contributed by atoms with Crippen LogP contribution in [0, 0.1) is 5.82 Å². The van der Waals surface area contributed by atoms with Gasteiger partial charge in [0.05, 0.1) is 23.9 Å². The van der Waals surface area contributed by atoms with Gasteiger partial charge in [0.25, 0.3) is 17.4 Å². The molecule has 0 N–H and O–H groups in total. The fourth-order valence-corrected chi connectivity index (χ4v) is 5.83. The Hall–Kier alpha value is -3.47. The van der Waals surface area contributed by atoms with Crippen molar-refractivity contribution in [2.75, 3.05) is 37.7 Å². The number of carbonyl (C=O) groups is 3. The summed E-state index contributed by atoms with van der Waals surface area (Å²) in [5.74, 6) is -1.93. The van der Waals surface area contributed by atoms with Crippen LogP contribution in [0.15, 0.2) is 16.9 Å². The minimum Gasteiger partial charge on any atom is -0.493 e. The van der Waals surface area contributed by atoms with E-state index in [9.17, 15) is 23.6 Å². The van der Waals surface area contributed by atoms with E-state index in [-0.39, 0.29) is 40.3 Å². The Bertz CT molecular complexity index is 1410. The number of fused-ring (bicyclic) bond motifs is 7. The Morgan fingerprint density at radius 3 is 2.54 bits per heavy atom. The van der Waals surface area contributed by atoms with Crippen molar-refractivity contribution in [3.63, 3.8) is 0 Å². The minimum atomic E-state index is -1.23. The van der Waals surface area contributed by atoms with E-state index in [4.69, 9.17) is 16.3 Å². The van der Waals surface area contributed by atoms with E-state index in [0.717, 1.165) is 17.2 Å². The number of benzene rings is 1. The maximum atomic E-state index is 14.3. The summed E-state index contributed by atoms with van der Waals surface area (Å²) in [6, 6.07) is 0.974. The molecule has 0 saturated carbocycles. The van der Waals surface area contributed by atoms with Gasteiger partial charge in [0.2, 0.25) is 5.78 Å². The Balaban J connectivity index is 1.73. The molecule has 1 fully saturated rings. The molecule has 208 valence electrons. The summed E-state index contributed by atoms with van der Waals surface area (Å²) in [7, 11) is 0. The lowest BCUT2D eigenvalue weighted by Crippen LogP contribution is -2.61. The molecule has 1 aromatic carbocycles. The Kier molecular flexibility index (Phi) is 7.37. The van der Waals surface area contributed by atoms with Gasteiger partial charge in [-0.25, -0.2) is 9.07 Å². The molecule has 1 saturated heterocycles. The first-order valence-electron chi connectivity index (χ1n) is 13.3. The number of Topliss-reactive ketones (excluding diaryl/α,β-unsaturated/α-hetero) is 1. The summed E-state index contributed by atoms with van der Waals surface area (Å²) in [5.41, 5.74) is -0.518. The van der Waals surface area contributed by atoms with Crippen molar-refractivity contribution < 1.29 is 23.5 Å². The van der Waals surface area contributed by atoms with E-state index in [1.807, 2.05) is 20.8 Å². The maximum absolute atomic E-state index is 14.3. The smallest absolute Gasteiger partial charge is 0.280 e. The predicted octanol–water partition coefficient (Wildman–Crippen LogP) is 2.73. The van der Waals surface area contributed by atoms with Gasteiger partial charge in [0.15, 0.2) is 11.7 Å². The summed E-state index contributed by atoms with van der Waals surface area (Å²) >= 11 is 6.06. The van der Waals surface area contributed by atoms with Crippen LogP contribution >= 0.6 is 11.6 Å². The SMILES string of the molecule is CCN1CCCCCOc2cc(F)c(Cl)cc2Cn2nc(c3c(c2=O)C(=O)C2C(=O)N(CC)C[C@H](C)N32)C1=O. The summed E-state index contributed by atoms with van der Waals surface area (Å²) < 4.78 is 21.2. The molecule has 1 aromatic heterocycles. The molecule has 4 heterocycles. The number of carbonyl (C=O) groups excluding carboxylic acids is 3. The molecule has 0 aliphatic carbocycles. The van der Waals surface area contributed by atoms with E-state index in [2.05, 4.69) is 5.10 Å². The van der Waals surface area contributed by atoms with Crippen molar-refractivity contribution in [2.45, 2.75) is 58.7 Å². The van der Waals surface area contributed by atoms with Crippen molar-refractivity contribution in [3.05, 3.63) is 50.1 Å². The lowest BCUT2D eigenvalue weighted by Gasteiger charge is -2.42. The molecular weight excluding hydrogens is 529 g/mol. The van der Waals surface area contributed by atoms with Gasteiger partial charge in [0, 0.05) is 43.9 Å². The number of aromatic nitrogens is 2. The first kappa shape index (κ1) is 27.1. The first-order valence-corrected chi connectivity index (χ1v) is 13.7. The highest BCUT2D eigenvalue weighted by Crippen LogP contribution is 2.38. The van der Waals surface area contributed by atoms with Crippen LogP contribution in [0.3, 0.4) is 0 Å².